The Kier molecular flexibility index (Phi) is 8.16. The van der Waals surface area contributed by atoms with Gasteiger partial charge in [-0.2, -0.15) is 0 Å². The predicted molar refractivity (Wildman–Crippen MR) is 89.3 cm³/mol. The fraction of sp³-hybridized carbons (Fsp3) is 0.556. The molecule has 0 aliphatic heterocycles. The highest BCUT2D eigenvalue weighted by Gasteiger charge is 2.21. The minimum Gasteiger partial charge on any atom is -0.421 e. The van der Waals surface area contributed by atoms with Crippen LogP contribution in [0, 0.1) is 0 Å². The largest absolute Gasteiger partial charge is 0.421 e. The molecular formula is C18H27NO4. The van der Waals surface area contributed by atoms with Gasteiger partial charge in [0.05, 0.1) is 5.56 Å². The summed E-state index contributed by atoms with van der Waals surface area (Å²) in [6.45, 7) is 8.76. The lowest BCUT2D eigenvalue weighted by Crippen LogP contribution is -2.35. The number of nitrogens with zero attached hydrogens (tertiary/aromatic N) is 1. The summed E-state index contributed by atoms with van der Waals surface area (Å²) in [5.41, 5.74) is 1.64. The lowest BCUT2D eigenvalue weighted by molar-refractivity contribution is -0.0808. The molecule has 1 aromatic rings. The molecule has 0 spiro atoms. The first-order valence-electron chi connectivity index (χ1n) is 8.31. The fourth-order valence-electron chi connectivity index (χ4n) is 2.14. The van der Waals surface area contributed by atoms with Gasteiger partial charge in [-0.05, 0) is 38.0 Å². The van der Waals surface area contributed by atoms with Gasteiger partial charge in [0.1, 0.15) is 0 Å². The lowest BCUT2D eigenvalue weighted by atomic mass is 10.1. The molecule has 1 unspecified atom stereocenters. The number of hydrogen-bond acceptors (Lipinski definition) is 4. The smallest absolute Gasteiger partial charge is 0.412 e. The van der Waals surface area contributed by atoms with Crippen LogP contribution in [-0.2, 0) is 15.9 Å². The Balaban J connectivity index is 2.63. The second-order valence-corrected chi connectivity index (χ2v) is 5.25. The zero-order chi connectivity index (χ0) is 17.2. The van der Waals surface area contributed by atoms with Gasteiger partial charge >= 0.3 is 12.1 Å². The van der Waals surface area contributed by atoms with Crippen LogP contribution in [0.2, 0.25) is 0 Å². The van der Waals surface area contributed by atoms with Gasteiger partial charge in [-0.3, -0.25) is 0 Å². The fourth-order valence-corrected chi connectivity index (χ4v) is 2.14. The van der Waals surface area contributed by atoms with E-state index in [4.69, 9.17) is 9.47 Å². The first kappa shape index (κ1) is 19.0. The summed E-state index contributed by atoms with van der Waals surface area (Å²) in [5.74, 6) is -0.479. The van der Waals surface area contributed by atoms with Crippen molar-refractivity contribution in [3.8, 4) is 0 Å². The van der Waals surface area contributed by atoms with Crippen molar-refractivity contribution in [2.45, 2.75) is 53.2 Å². The Bertz CT molecular complexity index is 494. The maximum Gasteiger partial charge on any atom is 0.412 e. The van der Waals surface area contributed by atoms with Crippen LogP contribution in [0.1, 0.15) is 56.5 Å². The molecule has 23 heavy (non-hydrogen) atoms. The van der Waals surface area contributed by atoms with Gasteiger partial charge in [-0.25, -0.2) is 9.59 Å². The van der Waals surface area contributed by atoms with Gasteiger partial charge in [0.25, 0.3) is 0 Å². The van der Waals surface area contributed by atoms with E-state index in [1.807, 2.05) is 26.0 Å². The summed E-state index contributed by atoms with van der Waals surface area (Å²) in [4.78, 5) is 25.6. The van der Waals surface area contributed by atoms with Crippen LogP contribution in [0.5, 0.6) is 0 Å². The Labute approximate surface area is 138 Å². The van der Waals surface area contributed by atoms with Crippen LogP contribution in [0.15, 0.2) is 24.3 Å². The molecule has 0 N–H and O–H groups in total. The third-order valence-electron chi connectivity index (χ3n) is 3.55. The second-order valence-electron chi connectivity index (χ2n) is 5.25. The number of esters is 1. The Morgan fingerprint density at radius 3 is 2.09 bits per heavy atom. The minimum atomic E-state index is -0.870. The van der Waals surface area contributed by atoms with Crippen LogP contribution >= 0.6 is 0 Å². The van der Waals surface area contributed by atoms with Gasteiger partial charge in [0.15, 0.2) is 0 Å². The summed E-state index contributed by atoms with van der Waals surface area (Å²) in [6, 6.07) is 7.32. The van der Waals surface area contributed by atoms with Gasteiger partial charge in [-0.15, -0.1) is 0 Å². The molecule has 0 bridgehead atoms. The van der Waals surface area contributed by atoms with E-state index in [9.17, 15) is 9.59 Å². The molecule has 0 saturated carbocycles. The van der Waals surface area contributed by atoms with Gasteiger partial charge in [0.2, 0.25) is 6.29 Å². The predicted octanol–water partition coefficient (Wildman–Crippen LogP) is 4.01. The van der Waals surface area contributed by atoms with Crippen LogP contribution in [0.25, 0.3) is 0 Å². The number of carbonyl (C=O) groups is 2. The molecule has 0 aromatic heterocycles. The quantitative estimate of drug-likeness (QED) is 0.536. The first-order chi connectivity index (χ1) is 11.0. The monoisotopic (exact) mass is 321 g/mol. The Morgan fingerprint density at radius 1 is 1.00 bits per heavy atom. The van der Waals surface area contributed by atoms with E-state index in [1.165, 1.54) is 10.5 Å². The highest BCUT2D eigenvalue weighted by Crippen LogP contribution is 2.11. The van der Waals surface area contributed by atoms with E-state index in [0.717, 1.165) is 12.8 Å². The molecule has 0 heterocycles. The average molecular weight is 321 g/mol. The van der Waals surface area contributed by atoms with Crippen LogP contribution < -0.4 is 0 Å². The highest BCUT2D eigenvalue weighted by molar-refractivity contribution is 5.89. The molecule has 1 atom stereocenters. The summed E-state index contributed by atoms with van der Waals surface area (Å²) < 4.78 is 10.5. The zero-order valence-corrected chi connectivity index (χ0v) is 14.5. The third kappa shape index (κ3) is 5.93. The molecule has 5 nitrogen and oxygen atoms in total. The second kappa shape index (κ2) is 9.87. The van der Waals surface area contributed by atoms with Gasteiger partial charge in [-0.1, -0.05) is 32.4 Å². The van der Waals surface area contributed by atoms with Gasteiger partial charge < -0.3 is 14.4 Å². The molecular weight excluding hydrogens is 294 g/mol. The van der Waals surface area contributed by atoms with E-state index in [2.05, 4.69) is 6.92 Å². The summed E-state index contributed by atoms with van der Waals surface area (Å²) in [6.07, 6.45) is 1.11. The molecule has 0 aliphatic rings. The van der Waals surface area contributed by atoms with E-state index in [-0.39, 0.29) is 0 Å². The molecule has 1 rings (SSSR count). The normalized spacial score (nSPS) is 11.7. The van der Waals surface area contributed by atoms with Crippen molar-refractivity contribution in [3.63, 3.8) is 0 Å². The van der Waals surface area contributed by atoms with Crippen molar-refractivity contribution >= 4 is 12.1 Å². The molecule has 0 saturated heterocycles. The number of rotatable bonds is 8. The molecule has 5 heteroatoms. The van der Waals surface area contributed by atoms with E-state index in [0.29, 0.717) is 25.1 Å². The zero-order valence-electron chi connectivity index (χ0n) is 14.5. The van der Waals surface area contributed by atoms with Crippen LogP contribution in [0.4, 0.5) is 4.79 Å². The summed E-state index contributed by atoms with van der Waals surface area (Å²) >= 11 is 0. The number of benzene rings is 1. The Hall–Kier alpha value is -2.04. The Morgan fingerprint density at radius 2 is 1.61 bits per heavy atom. The maximum atomic E-state index is 12.1. The topological polar surface area (TPSA) is 55.8 Å². The minimum absolute atomic E-state index is 0.409. The van der Waals surface area contributed by atoms with Crippen LogP contribution in [0.3, 0.4) is 0 Å². The summed E-state index contributed by atoms with van der Waals surface area (Å²) in [7, 11) is 0. The van der Waals surface area contributed by atoms with E-state index >= 15 is 0 Å². The SMILES string of the molecule is CCCc1ccc(C(=O)OC(CC)OC(=O)N(CC)CC)cc1. The molecule has 128 valence electrons. The first-order valence-corrected chi connectivity index (χ1v) is 8.31. The maximum absolute atomic E-state index is 12.1. The average Bonchev–Trinajstić information content (AvgIpc) is 2.56. The molecule has 1 aromatic carbocycles. The number of amides is 1. The molecule has 0 fully saturated rings. The van der Waals surface area contributed by atoms with Crippen molar-refractivity contribution in [1.82, 2.24) is 4.90 Å². The van der Waals surface area contributed by atoms with Gasteiger partial charge in [0, 0.05) is 19.5 Å². The number of aryl methyl sites for hydroxylation is 1. The van der Waals surface area contributed by atoms with Crippen molar-refractivity contribution in [2.75, 3.05) is 13.1 Å². The number of hydrogen-bond donors (Lipinski definition) is 0. The third-order valence-corrected chi connectivity index (χ3v) is 3.55. The van der Waals surface area contributed by atoms with Crippen LogP contribution in [-0.4, -0.2) is 36.3 Å². The molecule has 0 radical (unpaired) electrons. The van der Waals surface area contributed by atoms with Crippen molar-refractivity contribution in [3.05, 3.63) is 35.4 Å². The molecule has 0 aliphatic carbocycles. The van der Waals surface area contributed by atoms with Crippen molar-refractivity contribution in [2.24, 2.45) is 0 Å². The highest BCUT2D eigenvalue weighted by atomic mass is 16.7. The van der Waals surface area contributed by atoms with Crippen molar-refractivity contribution < 1.29 is 19.1 Å². The number of ether oxygens (including phenoxy) is 2. The van der Waals surface area contributed by atoms with E-state index in [1.54, 1.807) is 19.1 Å². The summed E-state index contributed by atoms with van der Waals surface area (Å²) in [5, 5.41) is 0. The standard InChI is InChI=1S/C18H27NO4/c1-5-9-14-10-12-15(13-11-14)17(20)22-16(6-2)23-18(21)19(7-3)8-4/h10-13,16H,5-9H2,1-4H3. The van der Waals surface area contributed by atoms with Crippen molar-refractivity contribution in [1.29, 1.82) is 0 Å². The number of carbonyl (C=O) groups excluding carboxylic acids is 2. The van der Waals surface area contributed by atoms with E-state index < -0.39 is 18.4 Å². The molecule has 1 amide bonds. The lowest BCUT2D eigenvalue weighted by Gasteiger charge is -2.22.